The minimum absolute atomic E-state index is 0.102. The van der Waals surface area contributed by atoms with Crippen molar-refractivity contribution in [1.29, 1.82) is 0 Å². The number of esters is 2. The third kappa shape index (κ3) is 3.44. The van der Waals surface area contributed by atoms with Gasteiger partial charge in [-0.25, -0.2) is 4.39 Å². The Hall–Kier alpha value is -2.97. The lowest BCUT2D eigenvalue weighted by molar-refractivity contribution is -0.479. The van der Waals surface area contributed by atoms with E-state index in [2.05, 4.69) is 0 Å². The van der Waals surface area contributed by atoms with Gasteiger partial charge in [0, 0.05) is 30.9 Å². The van der Waals surface area contributed by atoms with E-state index in [1.165, 1.54) is 0 Å². The highest BCUT2D eigenvalue weighted by molar-refractivity contribution is 5.72. The number of hydrogen-bond acceptors (Lipinski definition) is 6. The summed E-state index contributed by atoms with van der Waals surface area (Å²) in [5.74, 6) is -2.02. The highest BCUT2D eigenvalue weighted by Crippen LogP contribution is 2.17. The second-order valence-electron chi connectivity index (χ2n) is 4.68. The fourth-order valence-electron chi connectivity index (χ4n) is 1.98. The van der Waals surface area contributed by atoms with Crippen LogP contribution in [-0.2, 0) is 32.3 Å². The first-order valence-corrected chi connectivity index (χ1v) is 6.54. The van der Waals surface area contributed by atoms with Crippen LogP contribution in [0.2, 0.25) is 0 Å². The number of nitrogens with zero attached hydrogens (tertiary/aromatic N) is 2. The fraction of sp³-hybridized carbons (Fsp3) is 0.286. The molecule has 0 spiro atoms. The normalized spacial score (nSPS) is 10.6. The molecule has 0 N–H and O–H groups in total. The molecule has 0 radical (unpaired) electrons. The van der Waals surface area contributed by atoms with Gasteiger partial charge in [0.25, 0.3) is 11.2 Å². The van der Waals surface area contributed by atoms with E-state index in [-0.39, 0.29) is 27.2 Å². The average Bonchev–Trinajstić information content (AvgIpc) is 2.47. The van der Waals surface area contributed by atoms with Gasteiger partial charge in [-0.3, -0.25) is 9.59 Å². The van der Waals surface area contributed by atoms with Gasteiger partial charge >= 0.3 is 11.9 Å². The van der Waals surface area contributed by atoms with Gasteiger partial charge in [-0.15, -0.1) is 0 Å². The summed E-state index contributed by atoms with van der Waals surface area (Å²) in [7, 11) is 0. The number of benzene rings is 1. The molecule has 0 bridgehead atoms. The van der Waals surface area contributed by atoms with E-state index in [9.17, 15) is 24.1 Å². The quantitative estimate of drug-likeness (QED) is 0.617. The molecule has 8 nitrogen and oxygen atoms in total. The van der Waals surface area contributed by atoms with Crippen LogP contribution in [0.1, 0.15) is 25.2 Å². The molecule has 2 rings (SSSR count). The van der Waals surface area contributed by atoms with Crippen molar-refractivity contribution in [2.75, 3.05) is 0 Å². The highest BCUT2D eigenvalue weighted by atomic mass is 19.1. The molecule has 0 atom stereocenters. The number of rotatable bonds is 4. The monoisotopic (exact) mass is 324 g/mol. The number of halogens is 1. The molecule has 0 saturated heterocycles. The van der Waals surface area contributed by atoms with E-state index in [4.69, 9.17) is 9.47 Å². The molecule has 2 aromatic rings. The third-order valence-electron chi connectivity index (χ3n) is 3.02. The van der Waals surface area contributed by atoms with E-state index in [1.54, 1.807) is 0 Å². The Morgan fingerprint density at radius 3 is 2.43 bits per heavy atom. The zero-order valence-electron chi connectivity index (χ0n) is 12.4. The van der Waals surface area contributed by atoms with Crippen molar-refractivity contribution in [3.8, 4) is 0 Å². The summed E-state index contributed by atoms with van der Waals surface area (Å²) in [5.41, 5.74) is -0.769. The first-order chi connectivity index (χ1) is 10.8. The first kappa shape index (κ1) is 16.4. The molecule has 1 aromatic carbocycles. The molecule has 0 fully saturated rings. The maximum atomic E-state index is 13.3. The molecule has 9 heteroatoms. The van der Waals surface area contributed by atoms with Gasteiger partial charge in [0.05, 0.1) is 4.43 Å². The van der Waals surface area contributed by atoms with Crippen LogP contribution in [0.5, 0.6) is 0 Å². The summed E-state index contributed by atoms with van der Waals surface area (Å²) in [4.78, 5) is 34.3. The first-order valence-electron chi connectivity index (χ1n) is 6.54. The van der Waals surface area contributed by atoms with Crippen LogP contribution in [-0.4, -0.2) is 16.7 Å². The van der Waals surface area contributed by atoms with Crippen molar-refractivity contribution >= 4 is 23.0 Å². The van der Waals surface area contributed by atoms with Crippen molar-refractivity contribution in [1.82, 2.24) is 4.73 Å². The molecule has 0 aliphatic heterocycles. The molecule has 0 aliphatic rings. The summed E-state index contributed by atoms with van der Waals surface area (Å²) < 4.78 is 23.5. The summed E-state index contributed by atoms with van der Waals surface area (Å²) >= 11 is 0. The van der Waals surface area contributed by atoms with E-state index in [0.717, 1.165) is 32.0 Å². The lowest BCUT2D eigenvalue weighted by Crippen LogP contribution is -2.29. The van der Waals surface area contributed by atoms with E-state index in [1.807, 2.05) is 0 Å². The van der Waals surface area contributed by atoms with Crippen molar-refractivity contribution in [3.05, 3.63) is 45.5 Å². The highest BCUT2D eigenvalue weighted by Gasteiger charge is 2.24. The Morgan fingerprint density at radius 2 is 1.83 bits per heavy atom. The Labute approximate surface area is 129 Å². The van der Waals surface area contributed by atoms with Gasteiger partial charge in [-0.2, -0.15) is 0 Å². The summed E-state index contributed by atoms with van der Waals surface area (Å²) in [6.45, 7) is 1.28. The maximum absolute atomic E-state index is 13.3. The Kier molecular flexibility index (Phi) is 4.58. The largest absolute Gasteiger partial charge is 0.805 e. The topological polar surface area (TPSA) is 104 Å². The van der Waals surface area contributed by atoms with Gasteiger partial charge < -0.3 is 19.4 Å². The molecule has 122 valence electrons. The van der Waals surface area contributed by atoms with Crippen molar-refractivity contribution < 1.29 is 27.9 Å². The number of ether oxygens (including phenoxy) is 2. The zero-order chi connectivity index (χ0) is 17.1. The molecule has 0 aliphatic carbocycles. The SMILES string of the molecule is CC(=O)OCc1c(COC(C)=O)[n+](=O)c2ccc(F)cc2n1[O-]. The minimum Gasteiger partial charge on any atom is -0.805 e. The molecule has 0 amide bonds. The third-order valence-corrected chi connectivity index (χ3v) is 3.02. The van der Waals surface area contributed by atoms with Crippen LogP contribution in [0.25, 0.3) is 11.0 Å². The van der Waals surface area contributed by atoms with Crippen LogP contribution < -0.4 is 4.43 Å². The summed E-state index contributed by atoms with van der Waals surface area (Å²) in [5, 5.41) is 12.4. The Balaban J connectivity index is 2.67. The van der Waals surface area contributed by atoms with Crippen molar-refractivity contribution in [2.24, 2.45) is 0 Å². The van der Waals surface area contributed by atoms with Gasteiger partial charge in [-0.1, -0.05) is 0 Å². The molecule has 0 unspecified atom stereocenters. The van der Waals surface area contributed by atoms with Gasteiger partial charge in [0.2, 0.25) is 0 Å². The number of fused-ring (bicyclic) bond motifs is 1. The zero-order valence-corrected chi connectivity index (χ0v) is 12.4. The lowest BCUT2D eigenvalue weighted by atomic mass is 10.2. The van der Waals surface area contributed by atoms with E-state index >= 15 is 0 Å². The predicted molar refractivity (Wildman–Crippen MR) is 75.0 cm³/mol. The van der Waals surface area contributed by atoms with Crippen LogP contribution in [0.3, 0.4) is 0 Å². The lowest BCUT2D eigenvalue weighted by Gasteiger charge is -2.18. The minimum atomic E-state index is -0.701. The van der Waals surface area contributed by atoms with Crippen molar-refractivity contribution in [2.45, 2.75) is 27.1 Å². The van der Waals surface area contributed by atoms with E-state index < -0.39 is 31.0 Å². The van der Waals surface area contributed by atoms with Gasteiger partial charge in [-0.05, 0) is 6.07 Å². The standard InChI is InChI=1S/C14H13FN2O6/c1-8(18)22-6-13-14(7-23-9(2)19)17(21)12-5-10(15)3-4-11(12)16(13)20/h3-5H,6-7H2,1-2H3. The van der Waals surface area contributed by atoms with Crippen LogP contribution in [0.4, 0.5) is 4.39 Å². The van der Waals surface area contributed by atoms with Crippen LogP contribution in [0, 0.1) is 15.9 Å². The number of aromatic nitrogens is 2. The Bertz CT molecular complexity index is 845. The van der Waals surface area contributed by atoms with Gasteiger partial charge in [0.15, 0.2) is 6.61 Å². The van der Waals surface area contributed by atoms with Crippen molar-refractivity contribution in [3.63, 3.8) is 0 Å². The Morgan fingerprint density at radius 1 is 1.22 bits per heavy atom. The number of hydrogen-bond donors (Lipinski definition) is 0. The molecule has 23 heavy (non-hydrogen) atoms. The number of carbonyl (C=O) groups is 2. The molecular weight excluding hydrogens is 311 g/mol. The second kappa shape index (κ2) is 6.42. The van der Waals surface area contributed by atoms with Gasteiger partial charge in [0.1, 0.15) is 23.6 Å². The number of carbonyl (C=O) groups excluding carboxylic acids is 2. The molecule has 0 saturated carbocycles. The molecular formula is C14H13FN2O6. The molecule has 1 aromatic heterocycles. The average molecular weight is 324 g/mol. The van der Waals surface area contributed by atoms with Crippen LogP contribution in [0.15, 0.2) is 18.2 Å². The summed E-state index contributed by atoms with van der Waals surface area (Å²) in [6, 6.07) is 3.06. The fourth-order valence-corrected chi connectivity index (χ4v) is 1.98. The smallest absolute Gasteiger partial charge is 0.303 e. The maximum Gasteiger partial charge on any atom is 0.303 e. The second-order valence-corrected chi connectivity index (χ2v) is 4.68. The summed E-state index contributed by atoms with van der Waals surface area (Å²) in [6.07, 6.45) is 0. The van der Waals surface area contributed by atoms with E-state index in [0.29, 0.717) is 4.43 Å². The predicted octanol–water partition coefficient (Wildman–Crippen LogP) is 1.17. The molecule has 1 heterocycles. The van der Waals surface area contributed by atoms with Crippen LogP contribution >= 0.6 is 0 Å².